The Morgan fingerprint density at radius 3 is 2.82 bits per heavy atom. The highest BCUT2D eigenvalue weighted by atomic mass is 32.1. The Morgan fingerprint density at radius 2 is 2.29 bits per heavy atom. The molecule has 17 heavy (non-hydrogen) atoms. The second kappa shape index (κ2) is 6.12. The molecule has 5 heteroatoms. The van der Waals surface area contributed by atoms with Crippen molar-refractivity contribution in [1.82, 2.24) is 9.88 Å². The van der Waals surface area contributed by atoms with Gasteiger partial charge in [-0.3, -0.25) is 4.79 Å². The number of rotatable bonds is 6. The smallest absolute Gasteiger partial charge is 0.222 e. The number of aryl methyl sites for hydroxylation is 1. The Labute approximate surface area is 107 Å². The minimum atomic E-state index is -0.0228. The second-order valence-corrected chi connectivity index (χ2v) is 5.82. The van der Waals surface area contributed by atoms with Crippen molar-refractivity contribution in [2.24, 2.45) is 11.1 Å². The van der Waals surface area contributed by atoms with Gasteiger partial charge in [0.1, 0.15) is 0 Å². The highest BCUT2D eigenvalue weighted by Crippen LogP contribution is 2.15. The fourth-order valence-electron chi connectivity index (χ4n) is 1.58. The summed E-state index contributed by atoms with van der Waals surface area (Å²) < 4.78 is 0. The lowest BCUT2D eigenvalue weighted by Gasteiger charge is -2.29. The topological polar surface area (TPSA) is 59.2 Å². The number of nitrogens with two attached hydrogens (primary N) is 1. The van der Waals surface area contributed by atoms with Crippen molar-refractivity contribution in [2.75, 3.05) is 20.1 Å². The molecule has 0 aliphatic rings. The van der Waals surface area contributed by atoms with Crippen molar-refractivity contribution in [3.8, 4) is 0 Å². The molecule has 2 N–H and O–H groups in total. The number of aromatic nitrogens is 1. The van der Waals surface area contributed by atoms with Crippen LogP contribution in [0.5, 0.6) is 0 Å². The SMILES string of the molecule is CN(CC(C)(C)CN)C(=O)CCc1cscn1. The molecule has 1 heterocycles. The van der Waals surface area contributed by atoms with E-state index in [0.717, 1.165) is 12.1 Å². The minimum absolute atomic E-state index is 0.0228. The van der Waals surface area contributed by atoms with E-state index in [1.165, 1.54) is 0 Å². The normalized spacial score (nSPS) is 11.5. The third-order valence-corrected chi connectivity index (χ3v) is 3.36. The number of nitrogens with zero attached hydrogens (tertiary/aromatic N) is 2. The van der Waals surface area contributed by atoms with Crippen LogP contribution in [-0.2, 0) is 11.2 Å². The molecule has 0 radical (unpaired) electrons. The molecule has 1 rings (SSSR count). The summed E-state index contributed by atoms with van der Waals surface area (Å²) in [4.78, 5) is 17.8. The zero-order valence-electron chi connectivity index (χ0n) is 10.8. The summed E-state index contributed by atoms with van der Waals surface area (Å²) in [6.45, 7) is 5.41. The Kier molecular flexibility index (Phi) is 5.08. The van der Waals surface area contributed by atoms with Crippen LogP contribution in [0.1, 0.15) is 26.0 Å². The van der Waals surface area contributed by atoms with Gasteiger partial charge < -0.3 is 10.6 Å². The van der Waals surface area contributed by atoms with Gasteiger partial charge in [0.2, 0.25) is 5.91 Å². The molecule has 4 nitrogen and oxygen atoms in total. The summed E-state index contributed by atoms with van der Waals surface area (Å²) in [5.41, 5.74) is 8.42. The maximum Gasteiger partial charge on any atom is 0.222 e. The first-order chi connectivity index (χ1) is 7.94. The molecule has 0 bridgehead atoms. The predicted octanol–water partition coefficient (Wildman–Crippen LogP) is 1.52. The van der Waals surface area contributed by atoms with E-state index in [1.807, 2.05) is 12.4 Å². The molecule has 1 aromatic rings. The Bertz CT molecular complexity index is 349. The number of hydrogen-bond acceptors (Lipinski definition) is 4. The Balaban J connectivity index is 2.37. The van der Waals surface area contributed by atoms with E-state index in [2.05, 4.69) is 18.8 Å². The summed E-state index contributed by atoms with van der Waals surface area (Å²) in [6.07, 6.45) is 1.23. The van der Waals surface area contributed by atoms with Crippen LogP contribution in [0, 0.1) is 5.41 Å². The van der Waals surface area contributed by atoms with Gasteiger partial charge >= 0.3 is 0 Å². The van der Waals surface area contributed by atoms with Crippen LogP contribution >= 0.6 is 11.3 Å². The molecule has 0 unspecified atom stereocenters. The van der Waals surface area contributed by atoms with Gasteiger partial charge in [0.05, 0.1) is 11.2 Å². The molecular weight excluding hydrogens is 234 g/mol. The summed E-state index contributed by atoms with van der Waals surface area (Å²) in [6, 6.07) is 0. The van der Waals surface area contributed by atoms with Crippen molar-refractivity contribution in [2.45, 2.75) is 26.7 Å². The standard InChI is InChI=1S/C12H21N3OS/c1-12(2,7-13)8-15(3)11(16)5-4-10-6-17-9-14-10/h6,9H,4-5,7-8,13H2,1-3H3. The summed E-state index contributed by atoms with van der Waals surface area (Å²) in [7, 11) is 1.83. The zero-order chi connectivity index (χ0) is 12.9. The van der Waals surface area contributed by atoms with Gasteiger partial charge in [-0.05, 0) is 18.4 Å². The molecule has 0 fully saturated rings. The average molecular weight is 255 g/mol. The highest BCUT2D eigenvalue weighted by Gasteiger charge is 2.20. The van der Waals surface area contributed by atoms with Gasteiger partial charge in [-0.1, -0.05) is 13.8 Å². The molecule has 0 aromatic carbocycles. The van der Waals surface area contributed by atoms with Gasteiger partial charge in [0, 0.05) is 25.4 Å². The molecule has 0 spiro atoms. The van der Waals surface area contributed by atoms with Gasteiger partial charge in [-0.25, -0.2) is 4.98 Å². The fraction of sp³-hybridized carbons (Fsp3) is 0.667. The number of carbonyl (C=O) groups excluding carboxylic acids is 1. The van der Waals surface area contributed by atoms with Crippen LogP contribution < -0.4 is 5.73 Å². The summed E-state index contributed by atoms with van der Waals surface area (Å²) in [5.74, 6) is 0.152. The van der Waals surface area contributed by atoms with Crippen molar-refractivity contribution in [3.05, 3.63) is 16.6 Å². The molecule has 0 saturated carbocycles. The van der Waals surface area contributed by atoms with E-state index in [4.69, 9.17) is 5.73 Å². The lowest BCUT2D eigenvalue weighted by atomic mass is 9.93. The van der Waals surface area contributed by atoms with Gasteiger partial charge in [-0.2, -0.15) is 0 Å². The van der Waals surface area contributed by atoms with Crippen LogP contribution in [0.15, 0.2) is 10.9 Å². The molecule has 96 valence electrons. The largest absolute Gasteiger partial charge is 0.345 e. The van der Waals surface area contributed by atoms with Gasteiger partial charge in [-0.15, -0.1) is 11.3 Å². The van der Waals surface area contributed by atoms with Gasteiger partial charge in [0.25, 0.3) is 0 Å². The van der Waals surface area contributed by atoms with Crippen molar-refractivity contribution in [1.29, 1.82) is 0 Å². The number of carbonyl (C=O) groups is 1. The Morgan fingerprint density at radius 1 is 1.59 bits per heavy atom. The van der Waals surface area contributed by atoms with Crippen LogP contribution in [0.4, 0.5) is 0 Å². The predicted molar refractivity (Wildman–Crippen MR) is 70.9 cm³/mol. The maximum atomic E-state index is 11.9. The van der Waals surface area contributed by atoms with E-state index >= 15 is 0 Å². The van der Waals surface area contributed by atoms with Crippen LogP contribution in [-0.4, -0.2) is 35.9 Å². The molecule has 0 aliphatic heterocycles. The number of thiazole rings is 1. The van der Waals surface area contributed by atoms with Crippen LogP contribution in [0.25, 0.3) is 0 Å². The second-order valence-electron chi connectivity index (χ2n) is 5.10. The van der Waals surface area contributed by atoms with E-state index in [1.54, 1.807) is 21.7 Å². The van der Waals surface area contributed by atoms with Crippen molar-refractivity contribution >= 4 is 17.2 Å². The minimum Gasteiger partial charge on any atom is -0.345 e. The molecule has 0 aliphatic carbocycles. The molecular formula is C12H21N3OS. The summed E-state index contributed by atoms with van der Waals surface area (Å²) in [5, 5.41) is 1.98. The lowest BCUT2D eigenvalue weighted by molar-refractivity contribution is -0.131. The first-order valence-electron chi connectivity index (χ1n) is 5.76. The number of hydrogen-bond donors (Lipinski definition) is 1. The van der Waals surface area contributed by atoms with E-state index in [-0.39, 0.29) is 11.3 Å². The zero-order valence-corrected chi connectivity index (χ0v) is 11.6. The first-order valence-corrected chi connectivity index (χ1v) is 6.70. The molecule has 0 saturated heterocycles. The molecule has 1 aromatic heterocycles. The van der Waals surface area contributed by atoms with E-state index < -0.39 is 0 Å². The van der Waals surface area contributed by atoms with Crippen LogP contribution in [0.2, 0.25) is 0 Å². The Hall–Kier alpha value is -0.940. The third kappa shape index (κ3) is 4.83. The van der Waals surface area contributed by atoms with Gasteiger partial charge in [0.15, 0.2) is 0 Å². The monoisotopic (exact) mass is 255 g/mol. The quantitative estimate of drug-likeness (QED) is 0.838. The number of amides is 1. The van der Waals surface area contributed by atoms with Crippen molar-refractivity contribution in [3.63, 3.8) is 0 Å². The first kappa shape index (κ1) is 14.1. The average Bonchev–Trinajstić information content (AvgIpc) is 2.78. The maximum absolute atomic E-state index is 11.9. The highest BCUT2D eigenvalue weighted by molar-refractivity contribution is 7.07. The van der Waals surface area contributed by atoms with Crippen LogP contribution in [0.3, 0.4) is 0 Å². The summed E-state index contributed by atoms with van der Waals surface area (Å²) >= 11 is 1.56. The fourth-order valence-corrected chi connectivity index (χ4v) is 2.17. The molecule has 1 amide bonds. The van der Waals surface area contributed by atoms with E-state index in [9.17, 15) is 4.79 Å². The third-order valence-electron chi connectivity index (χ3n) is 2.72. The van der Waals surface area contributed by atoms with E-state index in [0.29, 0.717) is 19.5 Å². The molecule has 0 atom stereocenters. The lowest BCUT2D eigenvalue weighted by Crippen LogP contribution is -2.39. The van der Waals surface area contributed by atoms with Crippen molar-refractivity contribution < 1.29 is 4.79 Å².